The van der Waals surface area contributed by atoms with Crippen molar-refractivity contribution in [1.82, 2.24) is 9.38 Å². The molecule has 0 saturated heterocycles. The summed E-state index contributed by atoms with van der Waals surface area (Å²) >= 11 is 3.62. The molecule has 0 saturated carbocycles. The van der Waals surface area contributed by atoms with Crippen LogP contribution in [-0.2, 0) is 0 Å². The van der Waals surface area contributed by atoms with Crippen molar-refractivity contribution in [3.63, 3.8) is 0 Å². The summed E-state index contributed by atoms with van der Waals surface area (Å²) in [6.07, 6.45) is 2.07. The summed E-state index contributed by atoms with van der Waals surface area (Å²) in [5.41, 5.74) is 3.49. The topological polar surface area (TPSA) is 44.9 Å². The van der Waals surface area contributed by atoms with E-state index in [4.69, 9.17) is 9.98 Å². The van der Waals surface area contributed by atoms with Crippen LogP contribution in [0.15, 0.2) is 52.1 Å². The Kier molecular flexibility index (Phi) is 4.30. The number of aromatic nitrogens is 2. The van der Waals surface area contributed by atoms with Crippen molar-refractivity contribution >= 4 is 39.0 Å². The Hall–Kier alpha value is -2.34. The summed E-state index contributed by atoms with van der Waals surface area (Å²) < 4.78 is 3.17. The van der Waals surface area contributed by atoms with Crippen LogP contribution >= 0.6 is 15.9 Å². The van der Waals surface area contributed by atoms with E-state index in [-0.39, 0.29) is 11.1 Å². The summed E-state index contributed by atoms with van der Waals surface area (Å²) in [5, 5.41) is 3.60. The zero-order chi connectivity index (χ0) is 20.3. The van der Waals surface area contributed by atoms with Gasteiger partial charge in [0.25, 0.3) is 0 Å². The minimum atomic E-state index is -0.230. The smallest absolute Gasteiger partial charge is 0.205 e. The number of halogens is 1. The summed E-state index contributed by atoms with van der Waals surface area (Å²) in [6, 6.07) is 12.3. The Bertz CT molecular complexity index is 1080. The highest BCUT2D eigenvalue weighted by molar-refractivity contribution is 9.10. The Labute approximate surface area is 174 Å². The zero-order valence-electron chi connectivity index (χ0n) is 17.2. The quantitative estimate of drug-likeness (QED) is 0.470. The second-order valence-electron chi connectivity index (χ2n) is 9.14. The van der Waals surface area contributed by atoms with Gasteiger partial charge in [0.2, 0.25) is 5.96 Å². The Balaban J connectivity index is 2.14. The van der Waals surface area contributed by atoms with E-state index < -0.39 is 0 Å². The van der Waals surface area contributed by atoms with E-state index in [2.05, 4.69) is 90.4 Å². The van der Waals surface area contributed by atoms with Crippen LogP contribution in [0.5, 0.6) is 0 Å². The van der Waals surface area contributed by atoms with Gasteiger partial charge in [-0.05, 0) is 71.9 Å². The third kappa shape index (κ3) is 3.30. The van der Waals surface area contributed by atoms with Crippen molar-refractivity contribution in [2.24, 2.45) is 4.99 Å². The highest BCUT2D eigenvalue weighted by Gasteiger charge is 2.36. The third-order valence-corrected chi connectivity index (χ3v) is 5.02. The van der Waals surface area contributed by atoms with Crippen molar-refractivity contribution in [2.45, 2.75) is 52.6 Å². The maximum atomic E-state index is 5.06. The van der Waals surface area contributed by atoms with Gasteiger partial charge in [-0.25, -0.2) is 9.98 Å². The second kappa shape index (κ2) is 6.34. The van der Waals surface area contributed by atoms with Crippen LogP contribution in [0.3, 0.4) is 0 Å². The molecule has 3 heterocycles. The number of fused-ring (bicyclic) bond motifs is 5. The summed E-state index contributed by atoms with van der Waals surface area (Å²) in [4.78, 5) is 12.3. The average Bonchev–Trinajstić information content (AvgIpc) is 2.87. The molecule has 6 heteroatoms. The molecule has 3 aromatic rings. The van der Waals surface area contributed by atoms with Crippen molar-refractivity contribution in [1.29, 1.82) is 0 Å². The van der Waals surface area contributed by atoms with Gasteiger partial charge in [0.05, 0.1) is 11.2 Å². The van der Waals surface area contributed by atoms with Gasteiger partial charge in [0.1, 0.15) is 17.2 Å². The highest BCUT2D eigenvalue weighted by atomic mass is 79.9. The molecular formula is C22H26BrN5. The Morgan fingerprint density at radius 3 is 2.46 bits per heavy atom. The number of rotatable bonds is 0. The number of guanidine groups is 1. The van der Waals surface area contributed by atoms with Crippen LogP contribution in [0.4, 0.5) is 11.5 Å². The van der Waals surface area contributed by atoms with E-state index in [0.717, 1.165) is 38.8 Å². The molecule has 1 N–H and O–H groups in total. The van der Waals surface area contributed by atoms with E-state index in [1.165, 1.54) is 0 Å². The molecule has 2 aromatic heterocycles. The fourth-order valence-corrected chi connectivity index (χ4v) is 3.87. The third-order valence-electron chi connectivity index (χ3n) is 4.52. The van der Waals surface area contributed by atoms with Gasteiger partial charge in [0, 0.05) is 21.8 Å². The van der Waals surface area contributed by atoms with E-state index in [9.17, 15) is 0 Å². The molecule has 1 aromatic carbocycles. The molecule has 1 aliphatic rings. The van der Waals surface area contributed by atoms with Gasteiger partial charge in [-0.1, -0.05) is 22.0 Å². The molecular weight excluding hydrogens is 414 g/mol. The number of nitrogens with zero attached hydrogens (tertiary/aromatic N) is 4. The number of hydrogen-bond acceptors (Lipinski definition) is 2. The minimum absolute atomic E-state index is 0.211. The molecule has 0 fully saturated rings. The van der Waals surface area contributed by atoms with Crippen LogP contribution < -0.4 is 10.2 Å². The first-order valence-corrected chi connectivity index (χ1v) is 10.3. The predicted molar refractivity (Wildman–Crippen MR) is 121 cm³/mol. The van der Waals surface area contributed by atoms with Crippen molar-refractivity contribution in [3.8, 4) is 11.3 Å². The SMILES string of the molecule is CC(C)(C)N=C1Nc2ccc(Br)cc2-c2nc3ccccn3c2N1C(C)(C)C. The molecule has 1 aliphatic heterocycles. The minimum Gasteiger partial charge on any atom is -0.325 e. The fourth-order valence-electron chi connectivity index (χ4n) is 3.51. The van der Waals surface area contributed by atoms with E-state index >= 15 is 0 Å². The Morgan fingerprint density at radius 2 is 1.79 bits per heavy atom. The standard InChI is InChI=1S/C22H26BrN5/c1-21(2,3)26-20-24-16-11-10-14(23)13-15(16)18-19(28(20)22(4,5)6)27-12-8-7-9-17(27)25-18/h7-13H,1-6H3,(H,24,26). The zero-order valence-corrected chi connectivity index (χ0v) is 18.8. The van der Waals surface area contributed by atoms with Crippen molar-refractivity contribution in [3.05, 3.63) is 47.1 Å². The lowest BCUT2D eigenvalue weighted by Crippen LogP contribution is -2.50. The van der Waals surface area contributed by atoms with Gasteiger partial charge in [-0.3, -0.25) is 9.30 Å². The molecule has 28 heavy (non-hydrogen) atoms. The number of anilines is 2. The molecule has 146 valence electrons. The van der Waals surface area contributed by atoms with E-state index in [0.29, 0.717) is 0 Å². The van der Waals surface area contributed by atoms with Crippen molar-refractivity contribution < 1.29 is 0 Å². The number of nitrogens with one attached hydrogen (secondary N) is 1. The maximum absolute atomic E-state index is 5.06. The van der Waals surface area contributed by atoms with Crippen LogP contribution in [0, 0.1) is 0 Å². The number of aliphatic imine (C=N–C) groups is 1. The summed E-state index contributed by atoms with van der Waals surface area (Å²) in [6.45, 7) is 12.9. The van der Waals surface area contributed by atoms with Crippen LogP contribution in [0.2, 0.25) is 0 Å². The van der Waals surface area contributed by atoms with Gasteiger partial charge in [-0.15, -0.1) is 0 Å². The van der Waals surface area contributed by atoms with Crippen molar-refractivity contribution in [2.75, 3.05) is 10.2 Å². The van der Waals surface area contributed by atoms with Gasteiger partial charge in [0.15, 0.2) is 0 Å². The number of imidazole rings is 1. The van der Waals surface area contributed by atoms with Gasteiger partial charge >= 0.3 is 0 Å². The number of benzene rings is 1. The summed E-state index contributed by atoms with van der Waals surface area (Å²) in [7, 11) is 0. The molecule has 0 amide bonds. The molecule has 0 aliphatic carbocycles. The van der Waals surface area contributed by atoms with Gasteiger partial charge < -0.3 is 5.32 Å². The largest absolute Gasteiger partial charge is 0.325 e. The lowest BCUT2D eigenvalue weighted by molar-refractivity contribution is 0.546. The van der Waals surface area contributed by atoms with Gasteiger partial charge in [-0.2, -0.15) is 0 Å². The lowest BCUT2D eigenvalue weighted by Gasteiger charge is -2.38. The number of hydrogen-bond donors (Lipinski definition) is 1. The normalized spacial score (nSPS) is 16.0. The first-order chi connectivity index (χ1) is 13.0. The van der Waals surface area contributed by atoms with E-state index in [1.54, 1.807) is 0 Å². The molecule has 0 radical (unpaired) electrons. The highest BCUT2D eigenvalue weighted by Crippen LogP contribution is 2.42. The second-order valence-corrected chi connectivity index (χ2v) is 10.1. The van der Waals surface area contributed by atoms with Crippen LogP contribution in [-0.4, -0.2) is 26.4 Å². The van der Waals surface area contributed by atoms with E-state index in [1.807, 2.05) is 24.3 Å². The average molecular weight is 440 g/mol. The molecule has 4 rings (SSSR count). The molecule has 0 bridgehead atoms. The molecule has 0 spiro atoms. The first-order valence-electron chi connectivity index (χ1n) is 9.49. The van der Waals surface area contributed by atoms with Crippen LogP contribution in [0.1, 0.15) is 41.5 Å². The number of pyridine rings is 1. The van der Waals surface area contributed by atoms with Crippen LogP contribution in [0.25, 0.3) is 16.9 Å². The molecule has 0 unspecified atom stereocenters. The first kappa shape index (κ1) is 19.0. The lowest BCUT2D eigenvalue weighted by atomic mass is 10.1. The summed E-state index contributed by atoms with van der Waals surface area (Å²) in [5.74, 6) is 1.85. The Morgan fingerprint density at radius 1 is 1.04 bits per heavy atom. The predicted octanol–water partition coefficient (Wildman–Crippen LogP) is 5.95. The fraction of sp³-hybridized carbons (Fsp3) is 0.364. The maximum Gasteiger partial charge on any atom is 0.205 e. The molecule has 5 nitrogen and oxygen atoms in total. The molecule has 0 atom stereocenters. The monoisotopic (exact) mass is 439 g/mol.